The first-order valence-electron chi connectivity index (χ1n) is 7.14. The van der Waals surface area contributed by atoms with Crippen LogP contribution < -0.4 is 0 Å². The van der Waals surface area contributed by atoms with E-state index in [0.29, 0.717) is 5.56 Å². The number of hydrogen-bond donors (Lipinski definition) is 0. The molecule has 2 aromatic rings. The van der Waals surface area contributed by atoms with Gasteiger partial charge in [0.15, 0.2) is 0 Å². The van der Waals surface area contributed by atoms with Crippen LogP contribution in [0.2, 0.25) is 0 Å². The standard InChI is InChI=1S/C15H18Br2O2SSe/c1-3-5-6-7-9(4-2)19-15(18)10-8-20-12-11(10)13(16)21-14(12)17/h8-9H,3-7H2,1-2H3. The molecule has 116 valence electrons. The Morgan fingerprint density at radius 3 is 2.76 bits per heavy atom. The first-order valence-corrected chi connectivity index (χ1v) is 11.3. The van der Waals surface area contributed by atoms with Crippen LogP contribution in [-0.2, 0) is 4.74 Å². The Bertz CT molecular complexity index is 620. The number of halogens is 2. The molecular weight excluding hydrogens is 483 g/mol. The van der Waals surface area contributed by atoms with E-state index in [9.17, 15) is 4.79 Å². The van der Waals surface area contributed by atoms with Crippen LogP contribution in [0.15, 0.2) is 12.1 Å². The number of esters is 1. The van der Waals surface area contributed by atoms with Gasteiger partial charge < -0.3 is 0 Å². The van der Waals surface area contributed by atoms with Crippen LogP contribution in [0, 0.1) is 0 Å². The van der Waals surface area contributed by atoms with Crippen molar-refractivity contribution in [2.75, 3.05) is 0 Å². The van der Waals surface area contributed by atoms with Crippen LogP contribution in [-0.4, -0.2) is 26.6 Å². The summed E-state index contributed by atoms with van der Waals surface area (Å²) < 4.78 is 9.22. The topological polar surface area (TPSA) is 26.3 Å². The summed E-state index contributed by atoms with van der Waals surface area (Å²) in [5.74, 6) is -0.175. The molecule has 2 heterocycles. The molecule has 0 N–H and O–H groups in total. The number of fused-ring (bicyclic) bond motifs is 1. The number of thiophene rings is 1. The van der Waals surface area contributed by atoms with Gasteiger partial charge >= 0.3 is 153 Å². The predicted molar refractivity (Wildman–Crippen MR) is 97.8 cm³/mol. The zero-order valence-corrected chi connectivity index (χ0v) is 17.8. The number of unbranched alkanes of at least 4 members (excludes halogenated alkanes) is 2. The van der Waals surface area contributed by atoms with Gasteiger partial charge in [-0.25, -0.2) is 0 Å². The van der Waals surface area contributed by atoms with Crippen molar-refractivity contribution in [2.45, 2.75) is 52.1 Å². The second-order valence-corrected chi connectivity index (χ2v) is 11.9. The minimum atomic E-state index is -0.175. The summed E-state index contributed by atoms with van der Waals surface area (Å²) in [6.45, 7) is 4.27. The third-order valence-electron chi connectivity index (χ3n) is 3.42. The molecule has 0 aliphatic rings. The van der Waals surface area contributed by atoms with E-state index < -0.39 is 0 Å². The zero-order valence-electron chi connectivity index (χ0n) is 12.1. The van der Waals surface area contributed by atoms with E-state index in [1.54, 1.807) is 11.3 Å². The quantitative estimate of drug-likeness (QED) is 0.265. The molecule has 2 rings (SSSR count). The Kier molecular flexibility index (Phi) is 7.01. The summed E-state index contributed by atoms with van der Waals surface area (Å²) in [5, 5.41) is 2.96. The number of hydrogen-bond acceptors (Lipinski definition) is 3. The second kappa shape index (κ2) is 8.30. The van der Waals surface area contributed by atoms with E-state index in [2.05, 4.69) is 45.7 Å². The van der Waals surface area contributed by atoms with Gasteiger partial charge in [0, 0.05) is 0 Å². The molecule has 0 spiro atoms. The zero-order chi connectivity index (χ0) is 15.4. The third-order valence-corrected chi connectivity index (χ3v) is 9.06. The summed E-state index contributed by atoms with van der Waals surface area (Å²) in [5.41, 5.74) is 0.715. The second-order valence-electron chi connectivity index (χ2n) is 4.93. The van der Waals surface area contributed by atoms with Gasteiger partial charge in [-0.2, -0.15) is 0 Å². The Balaban J connectivity index is 2.11. The number of carbonyl (C=O) groups excluding carboxylic acids is 1. The minimum absolute atomic E-state index is 0.0395. The summed E-state index contributed by atoms with van der Waals surface area (Å²) in [6, 6.07) is 0. The molecular formula is C15H18Br2O2SSe. The molecule has 2 aromatic heterocycles. The van der Waals surface area contributed by atoms with Crippen LogP contribution in [0.3, 0.4) is 0 Å². The van der Waals surface area contributed by atoms with Crippen molar-refractivity contribution >= 4 is 73.8 Å². The van der Waals surface area contributed by atoms with Crippen LogP contribution >= 0.6 is 43.2 Å². The van der Waals surface area contributed by atoms with Crippen molar-refractivity contribution in [1.82, 2.24) is 0 Å². The predicted octanol–water partition coefficient (Wildman–Crippen LogP) is 6.00. The van der Waals surface area contributed by atoms with Crippen molar-refractivity contribution in [3.05, 3.63) is 17.6 Å². The van der Waals surface area contributed by atoms with Crippen molar-refractivity contribution < 1.29 is 9.53 Å². The van der Waals surface area contributed by atoms with E-state index in [-0.39, 0.29) is 26.6 Å². The molecule has 0 saturated heterocycles. The molecule has 0 saturated carbocycles. The van der Waals surface area contributed by atoms with Gasteiger partial charge in [0.25, 0.3) is 0 Å². The normalized spacial score (nSPS) is 12.8. The van der Waals surface area contributed by atoms with Crippen LogP contribution in [0.25, 0.3) is 10.1 Å². The van der Waals surface area contributed by atoms with Gasteiger partial charge in [-0.1, -0.05) is 0 Å². The molecule has 0 aromatic carbocycles. The van der Waals surface area contributed by atoms with Crippen molar-refractivity contribution in [2.24, 2.45) is 0 Å². The molecule has 0 fully saturated rings. The Morgan fingerprint density at radius 1 is 1.33 bits per heavy atom. The van der Waals surface area contributed by atoms with Crippen LogP contribution in [0.1, 0.15) is 56.3 Å². The maximum absolute atomic E-state index is 12.5. The van der Waals surface area contributed by atoms with Crippen LogP contribution in [0.4, 0.5) is 0 Å². The van der Waals surface area contributed by atoms with Gasteiger partial charge in [-0.15, -0.1) is 0 Å². The molecule has 0 bridgehead atoms. The van der Waals surface area contributed by atoms with Crippen molar-refractivity contribution in [3.8, 4) is 0 Å². The molecule has 1 unspecified atom stereocenters. The molecule has 0 amide bonds. The van der Waals surface area contributed by atoms with E-state index in [1.165, 1.54) is 20.9 Å². The monoisotopic (exact) mass is 500 g/mol. The summed E-state index contributed by atoms with van der Waals surface area (Å²) >= 11 is 9.07. The van der Waals surface area contributed by atoms with Gasteiger partial charge in [0.05, 0.1) is 0 Å². The molecule has 21 heavy (non-hydrogen) atoms. The Morgan fingerprint density at radius 2 is 2.10 bits per heavy atom. The Hall–Kier alpha value is 0.389. The van der Waals surface area contributed by atoms with Crippen molar-refractivity contribution in [1.29, 1.82) is 0 Å². The number of carbonyl (C=O) groups is 1. The fourth-order valence-corrected chi connectivity index (χ4v) is 8.97. The average Bonchev–Trinajstić information content (AvgIpc) is 3.01. The average molecular weight is 501 g/mol. The first-order chi connectivity index (χ1) is 10.1. The maximum atomic E-state index is 12.5. The van der Waals surface area contributed by atoms with E-state index in [0.717, 1.165) is 28.0 Å². The first kappa shape index (κ1) is 17.7. The van der Waals surface area contributed by atoms with Gasteiger partial charge in [0.1, 0.15) is 0 Å². The molecule has 1 atom stereocenters. The van der Waals surface area contributed by atoms with Crippen LogP contribution in [0.5, 0.6) is 0 Å². The van der Waals surface area contributed by atoms with Gasteiger partial charge in [-0.05, 0) is 0 Å². The van der Waals surface area contributed by atoms with E-state index in [1.807, 2.05) is 5.38 Å². The summed E-state index contributed by atoms with van der Waals surface area (Å²) in [6.07, 6.45) is 5.40. The summed E-state index contributed by atoms with van der Waals surface area (Å²) in [7, 11) is 0. The molecule has 0 aliphatic heterocycles. The molecule has 2 nitrogen and oxygen atoms in total. The number of ether oxygens (including phenoxy) is 1. The fourth-order valence-electron chi connectivity index (χ4n) is 2.21. The summed E-state index contributed by atoms with van der Waals surface area (Å²) in [4.78, 5) is 12.5. The van der Waals surface area contributed by atoms with E-state index >= 15 is 0 Å². The Labute approximate surface area is 152 Å². The SMILES string of the molecule is CCCCCC(CC)OC(=O)c1csc2c(Br)[se]c(Br)c12. The number of rotatable bonds is 7. The third kappa shape index (κ3) is 4.23. The van der Waals surface area contributed by atoms with Gasteiger partial charge in [0.2, 0.25) is 0 Å². The fraction of sp³-hybridized carbons (Fsp3) is 0.533. The van der Waals surface area contributed by atoms with Crippen molar-refractivity contribution in [3.63, 3.8) is 0 Å². The molecule has 0 radical (unpaired) electrons. The van der Waals surface area contributed by atoms with E-state index in [4.69, 9.17) is 4.74 Å². The van der Waals surface area contributed by atoms with Gasteiger partial charge in [-0.3, -0.25) is 0 Å². The molecule has 0 aliphatic carbocycles. The molecule has 6 heteroatoms.